The van der Waals surface area contributed by atoms with Gasteiger partial charge >= 0.3 is 12.1 Å². The van der Waals surface area contributed by atoms with Crippen molar-refractivity contribution in [2.75, 3.05) is 52.5 Å². The van der Waals surface area contributed by atoms with Crippen molar-refractivity contribution >= 4 is 46.5 Å². The Kier molecular flexibility index (Phi) is 14.7. The summed E-state index contributed by atoms with van der Waals surface area (Å²) >= 11 is 0. The predicted octanol–water partition coefficient (Wildman–Crippen LogP) is 4.88. The predicted molar refractivity (Wildman–Crippen MR) is 213 cm³/mol. The number of rotatable bonds is 16. The van der Waals surface area contributed by atoms with Gasteiger partial charge in [-0.1, -0.05) is 49.9 Å². The molecule has 0 aromatic heterocycles. The molecule has 2 unspecified atom stereocenters. The summed E-state index contributed by atoms with van der Waals surface area (Å²) < 4.78 is 17.1. The Hall–Kier alpha value is -4.88. The first-order valence-electron chi connectivity index (χ1n) is 21.0. The van der Waals surface area contributed by atoms with E-state index in [4.69, 9.17) is 14.2 Å². The van der Waals surface area contributed by atoms with Gasteiger partial charge in [-0.2, -0.15) is 0 Å². The van der Waals surface area contributed by atoms with Crippen LogP contribution in [0.1, 0.15) is 106 Å². The van der Waals surface area contributed by atoms with E-state index in [2.05, 4.69) is 10.6 Å². The molecular weight excluding hydrogens is 730 g/mol. The highest BCUT2D eigenvalue weighted by molar-refractivity contribution is 6.03. The molecule has 2 aromatic carbocycles. The van der Waals surface area contributed by atoms with Crippen molar-refractivity contribution in [2.24, 2.45) is 5.92 Å². The third-order valence-corrected chi connectivity index (χ3v) is 11.8. The van der Waals surface area contributed by atoms with Gasteiger partial charge in [0.25, 0.3) is 11.8 Å². The second-order valence-electron chi connectivity index (χ2n) is 16.0. The van der Waals surface area contributed by atoms with Gasteiger partial charge in [0, 0.05) is 56.1 Å². The highest BCUT2D eigenvalue weighted by Gasteiger charge is 2.36. The Labute approximate surface area is 335 Å². The van der Waals surface area contributed by atoms with Crippen LogP contribution in [0, 0.1) is 12.8 Å². The molecule has 2 saturated heterocycles. The second kappa shape index (κ2) is 20.0. The Morgan fingerprint density at radius 3 is 2.32 bits per heavy atom. The van der Waals surface area contributed by atoms with Crippen molar-refractivity contribution < 1.29 is 43.0 Å². The number of aryl methyl sites for hydroxylation is 1. The number of amides is 5. The topological polar surface area (TPSA) is 164 Å². The molecule has 2 aliphatic carbocycles. The largest absolute Gasteiger partial charge is 0.483 e. The van der Waals surface area contributed by atoms with Crippen LogP contribution >= 0.6 is 0 Å². The average molecular weight is 790 g/mol. The molecule has 0 radical (unpaired) electrons. The van der Waals surface area contributed by atoms with Gasteiger partial charge in [-0.15, -0.1) is 0 Å². The summed E-state index contributed by atoms with van der Waals surface area (Å²) in [6.07, 6.45) is 9.91. The minimum absolute atomic E-state index is 0.0310. The first kappa shape index (κ1) is 41.7. The first-order chi connectivity index (χ1) is 27.6. The van der Waals surface area contributed by atoms with E-state index in [0.29, 0.717) is 48.6 Å². The number of hydrogen-bond acceptors (Lipinski definition) is 9. The highest BCUT2D eigenvalue weighted by Crippen LogP contribution is 2.30. The van der Waals surface area contributed by atoms with Crippen molar-refractivity contribution in [3.05, 3.63) is 41.5 Å². The van der Waals surface area contributed by atoms with Gasteiger partial charge in [0.05, 0.1) is 13.2 Å². The van der Waals surface area contributed by atoms with E-state index in [0.717, 1.165) is 69.8 Å². The van der Waals surface area contributed by atoms with Gasteiger partial charge in [-0.25, -0.2) is 4.79 Å². The Balaban J connectivity index is 1.14. The second-order valence-corrected chi connectivity index (χ2v) is 16.0. The maximum absolute atomic E-state index is 14.1. The molecule has 14 nitrogen and oxygen atoms in total. The molecule has 2 atom stereocenters. The number of ether oxygens (including phenoxy) is 3. The third kappa shape index (κ3) is 11.2. The fraction of sp³-hybridized carbons (Fsp3) is 0.628. The zero-order valence-corrected chi connectivity index (χ0v) is 33.6. The molecule has 2 heterocycles. The van der Waals surface area contributed by atoms with Gasteiger partial charge in [-0.05, 0) is 88.1 Å². The maximum atomic E-state index is 14.1. The van der Waals surface area contributed by atoms with Gasteiger partial charge in [0.15, 0.2) is 6.61 Å². The van der Waals surface area contributed by atoms with E-state index in [1.165, 1.54) is 0 Å². The van der Waals surface area contributed by atoms with E-state index < -0.39 is 30.1 Å². The highest BCUT2D eigenvalue weighted by atomic mass is 16.6. The molecule has 0 bridgehead atoms. The van der Waals surface area contributed by atoms with Crippen LogP contribution in [-0.2, 0) is 28.7 Å². The zero-order valence-electron chi connectivity index (χ0n) is 33.6. The molecule has 14 heteroatoms. The van der Waals surface area contributed by atoms with E-state index in [-0.39, 0.29) is 75.0 Å². The smallest absolute Gasteiger partial charge is 0.409 e. The standard InChI is InChI=1S/C43H59N5O9/c1-3-4-23-55-43(54)47-21-19-46(20-22-47)42(53)35(16-17-39(50)57-27-30-9-5-6-10-30)45-40(51)32-25-31-24-29(2)14-15-34(31)37(26-32)56-28-38(49)48-18-8-13-36(48)41(52)44-33-11-7-12-33/h14-15,24-26,30,33,35-36H,3-13,16-23,27-28H2,1-2H3,(H,44,52)(H,45,51). The van der Waals surface area contributed by atoms with Crippen LogP contribution < -0.4 is 15.4 Å². The number of likely N-dealkylation sites (tertiary alicyclic amines) is 1. The molecule has 5 amide bonds. The number of carbonyl (C=O) groups is 6. The average Bonchev–Trinajstić information content (AvgIpc) is 3.92. The number of nitrogens with zero attached hydrogens (tertiary/aromatic N) is 3. The van der Waals surface area contributed by atoms with E-state index >= 15 is 0 Å². The van der Waals surface area contributed by atoms with E-state index in [9.17, 15) is 28.8 Å². The van der Waals surface area contributed by atoms with Crippen LogP contribution in [0.15, 0.2) is 30.3 Å². The molecule has 2 aromatic rings. The molecule has 310 valence electrons. The summed E-state index contributed by atoms with van der Waals surface area (Å²) in [7, 11) is 0. The number of hydrogen-bond donors (Lipinski definition) is 2. The van der Waals surface area contributed by atoms with Crippen molar-refractivity contribution in [1.82, 2.24) is 25.3 Å². The van der Waals surface area contributed by atoms with Crippen molar-refractivity contribution in [3.63, 3.8) is 0 Å². The third-order valence-electron chi connectivity index (χ3n) is 11.8. The summed E-state index contributed by atoms with van der Waals surface area (Å²) in [5, 5.41) is 7.37. The molecule has 2 saturated carbocycles. The molecular formula is C43H59N5O9. The quantitative estimate of drug-likeness (QED) is 0.178. The summed E-state index contributed by atoms with van der Waals surface area (Å²) in [5.41, 5.74) is 1.17. The number of esters is 1. The molecule has 4 aliphatic rings. The van der Waals surface area contributed by atoms with Crippen LogP contribution in [0.4, 0.5) is 4.79 Å². The maximum Gasteiger partial charge on any atom is 0.409 e. The minimum Gasteiger partial charge on any atom is -0.483 e. The zero-order chi connectivity index (χ0) is 40.3. The van der Waals surface area contributed by atoms with Crippen molar-refractivity contribution in [3.8, 4) is 5.75 Å². The molecule has 2 N–H and O–H groups in total. The Morgan fingerprint density at radius 2 is 1.60 bits per heavy atom. The SMILES string of the molecule is CCCCOC(=O)N1CCN(C(=O)C(CCC(=O)OCC2CCCC2)NC(=O)c2cc(OCC(=O)N3CCCC3C(=O)NC3CCC3)c3ccc(C)cc3c2)CC1. The summed E-state index contributed by atoms with van der Waals surface area (Å²) in [5.74, 6) is -1.08. The molecule has 0 spiro atoms. The van der Waals surface area contributed by atoms with Gasteiger partial charge in [0.1, 0.15) is 17.8 Å². The monoisotopic (exact) mass is 789 g/mol. The van der Waals surface area contributed by atoms with Crippen LogP contribution in [-0.4, -0.2) is 121 Å². The normalized spacial score (nSPS) is 19.2. The molecule has 6 rings (SSSR count). The minimum atomic E-state index is -1.04. The van der Waals surface area contributed by atoms with Crippen LogP contribution in [0.2, 0.25) is 0 Å². The van der Waals surface area contributed by atoms with Crippen LogP contribution in [0.5, 0.6) is 5.75 Å². The van der Waals surface area contributed by atoms with E-state index in [1.54, 1.807) is 26.8 Å². The lowest BCUT2D eigenvalue weighted by molar-refractivity contribution is -0.145. The molecule has 2 aliphatic heterocycles. The molecule has 4 fully saturated rings. The number of benzene rings is 2. The fourth-order valence-electron chi connectivity index (χ4n) is 8.06. The lowest BCUT2D eigenvalue weighted by Gasteiger charge is -2.36. The fourth-order valence-corrected chi connectivity index (χ4v) is 8.06. The number of carbonyl (C=O) groups excluding carboxylic acids is 6. The summed E-state index contributed by atoms with van der Waals surface area (Å²) in [4.78, 5) is 84.8. The summed E-state index contributed by atoms with van der Waals surface area (Å²) in [6, 6.07) is 7.59. The van der Waals surface area contributed by atoms with Crippen LogP contribution in [0.3, 0.4) is 0 Å². The van der Waals surface area contributed by atoms with E-state index in [1.807, 2.05) is 32.0 Å². The number of nitrogens with one attached hydrogen (secondary N) is 2. The lowest BCUT2D eigenvalue weighted by Crippen LogP contribution is -2.56. The van der Waals surface area contributed by atoms with Crippen LogP contribution in [0.25, 0.3) is 10.8 Å². The number of piperazine rings is 1. The molecule has 57 heavy (non-hydrogen) atoms. The Bertz CT molecular complexity index is 1770. The number of unbranched alkanes of at least 4 members (excludes halogenated alkanes) is 1. The number of fused-ring (bicyclic) bond motifs is 1. The summed E-state index contributed by atoms with van der Waals surface area (Å²) in [6.45, 7) is 5.87. The van der Waals surface area contributed by atoms with Gasteiger partial charge in [0.2, 0.25) is 11.8 Å². The first-order valence-corrected chi connectivity index (χ1v) is 21.0. The van der Waals surface area contributed by atoms with Gasteiger partial charge in [-0.3, -0.25) is 24.0 Å². The van der Waals surface area contributed by atoms with Crippen molar-refractivity contribution in [1.29, 1.82) is 0 Å². The lowest BCUT2D eigenvalue weighted by atomic mass is 9.93. The Morgan fingerprint density at radius 1 is 0.842 bits per heavy atom. The van der Waals surface area contributed by atoms with Crippen molar-refractivity contribution in [2.45, 2.75) is 115 Å². The van der Waals surface area contributed by atoms with Gasteiger partial charge < -0.3 is 39.5 Å².